The number of nitrogens with zero attached hydrogens (tertiary/aromatic N) is 1. The summed E-state index contributed by atoms with van der Waals surface area (Å²) in [6, 6.07) is 3.67. The van der Waals surface area contributed by atoms with Gasteiger partial charge in [0.05, 0.1) is 38.7 Å². The quantitative estimate of drug-likeness (QED) is 0.695. The van der Waals surface area contributed by atoms with Crippen molar-refractivity contribution >= 4 is 17.7 Å². The van der Waals surface area contributed by atoms with Crippen molar-refractivity contribution in [3.05, 3.63) is 24.2 Å². The van der Waals surface area contributed by atoms with Gasteiger partial charge in [-0.05, 0) is 25.0 Å². The fourth-order valence-electron chi connectivity index (χ4n) is 3.88. The zero-order valence-electron chi connectivity index (χ0n) is 14.8. The van der Waals surface area contributed by atoms with Crippen molar-refractivity contribution in [1.29, 1.82) is 0 Å². The van der Waals surface area contributed by atoms with Crippen LogP contribution in [0.5, 0.6) is 0 Å². The van der Waals surface area contributed by atoms with Gasteiger partial charge in [-0.3, -0.25) is 19.3 Å². The lowest BCUT2D eigenvalue weighted by Crippen LogP contribution is -3.07. The molecule has 1 saturated carbocycles. The molecule has 25 heavy (non-hydrogen) atoms. The molecule has 7 nitrogen and oxygen atoms in total. The summed E-state index contributed by atoms with van der Waals surface area (Å²) in [5, 5.41) is 2.84. The molecule has 3 amide bonds. The predicted octanol–water partition coefficient (Wildman–Crippen LogP) is -0.243. The lowest BCUT2D eigenvalue weighted by molar-refractivity contribution is -0.891. The molecule has 1 aromatic heterocycles. The van der Waals surface area contributed by atoms with Crippen LogP contribution in [0.2, 0.25) is 0 Å². The third kappa shape index (κ3) is 3.61. The number of nitrogens with one attached hydrogen (secondary N) is 2. The minimum atomic E-state index is -0.307. The Labute approximate surface area is 147 Å². The van der Waals surface area contributed by atoms with Gasteiger partial charge in [-0.25, -0.2) is 0 Å². The van der Waals surface area contributed by atoms with Crippen LogP contribution in [-0.4, -0.2) is 49.8 Å². The van der Waals surface area contributed by atoms with E-state index < -0.39 is 0 Å². The number of fused-ring (bicyclic) bond motifs is 1. The Kier molecular flexibility index (Phi) is 5.22. The molecular formula is C18H26N3O4+. The van der Waals surface area contributed by atoms with Gasteiger partial charge in [0.1, 0.15) is 6.54 Å². The Morgan fingerprint density at radius 2 is 1.92 bits per heavy atom. The first kappa shape index (κ1) is 17.7. The van der Waals surface area contributed by atoms with Gasteiger partial charge in [0.2, 0.25) is 17.7 Å². The topological polar surface area (TPSA) is 84.1 Å². The maximum Gasteiger partial charge on any atom is 0.240 e. The summed E-state index contributed by atoms with van der Waals surface area (Å²) < 4.78 is 5.43. The Morgan fingerprint density at radius 3 is 2.44 bits per heavy atom. The highest BCUT2D eigenvalue weighted by molar-refractivity contribution is 6.07. The summed E-state index contributed by atoms with van der Waals surface area (Å²) in [5.74, 6) is -0.290. The lowest BCUT2D eigenvalue weighted by atomic mass is 9.81. The molecule has 3 atom stereocenters. The third-order valence-corrected chi connectivity index (χ3v) is 5.32. The van der Waals surface area contributed by atoms with E-state index in [1.165, 1.54) is 0 Å². The normalized spacial score (nSPS) is 24.5. The molecule has 0 aromatic carbocycles. The minimum absolute atomic E-state index is 0.0217. The highest BCUT2D eigenvalue weighted by Gasteiger charge is 2.48. The second-order valence-electron chi connectivity index (χ2n) is 7.21. The van der Waals surface area contributed by atoms with Gasteiger partial charge in [0.25, 0.3) is 0 Å². The van der Waals surface area contributed by atoms with Crippen LogP contribution in [0, 0.1) is 11.8 Å². The minimum Gasteiger partial charge on any atom is -0.463 e. The van der Waals surface area contributed by atoms with E-state index in [0.717, 1.165) is 41.2 Å². The monoisotopic (exact) mass is 348 g/mol. The molecule has 2 fully saturated rings. The summed E-state index contributed by atoms with van der Waals surface area (Å²) in [5.41, 5.74) is 0. The molecule has 2 N–H and O–H groups in total. The molecule has 136 valence electrons. The Bertz CT molecular complexity index is 617. The summed E-state index contributed by atoms with van der Waals surface area (Å²) in [6.07, 6.45) is 5.10. The van der Waals surface area contributed by atoms with Crippen molar-refractivity contribution in [3.63, 3.8) is 0 Å². The van der Waals surface area contributed by atoms with E-state index in [9.17, 15) is 14.4 Å². The van der Waals surface area contributed by atoms with E-state index in [-0.39, 0.29) is 42.1 Å². The predicted molar refractivity (Wildman–Crippen MR) is 89.4 cm³/mol. The van der Waals surface area contributed by atoms with Crippen molar-refractivity contribution < 1.29 is 23.7 Å². The second kappa shape index (κ2) is 7.39. The average molecular weight is 348 g/mol. The number of likely N-dealkylation sites (tertiary alicyclic amines) is 1. The van der Waals surface area contributed by atoms with Crippen molar-refractivity contribution in [3.8, 4) is 0 Å². The molecule has 3 rings (SSSR count). The van der Waals surface area contributed by atoms with Gasteiger partial charge in [-0.1, -0.05) is 12.8 Å². The smallest absolute Gasteiger partial charge is 0.240 e. The highest BCUT2D eigenvalue weighted by Crippen LogP contribution is 2.37. The van der Waals surface area contributed by atoms with Crippen LogP contribution in [0.25, 0.3) is 0 Å². The number of carbonyl (C=O) groups excluding carboxylic acids is 3. The number of hydrogen-bond acceptors (Lipinski definition) is 4. The number of hydrogen-bond donors (Lipinski definition) is 2. The molecular weight excluding hydrogens is 322 g/mol. The highest BCUT2D eigenvalue weighted by atomic mass is 16.3. The van der Waals surface area contributed by atoms with Gasteiger partial charge in [-0.2, -0.15) is 0 Å². The van der Waals surface area contributed by atoms with E-state index in [4.69, 9.17) is 4.42 Å². The van der Waals surface area contributed by atoms with Crippen molar-refractivity contribution in [2.45, 2.75) is 31.7 Å². The largest absolute Gasteiger partial charge is 0.463 e. The Hall–Kier alpha value is -2.15. The van der Waals surface area contributed by atoms with Crippen molar-refractivity contribution in [2.24, 2.45) is 11.8 Å². The van der Waals surface area contributed by atoms with Gasteiger partial charge in [-0.15, -0.1) is 0 Å². The van der Waals surface area contributed by atoms with E-state index in [2.05, 4.69) is 5.32 Å². The van der Waals surface area contributed by atoms with Crippen LogP contribution >= 0.6 is 0 Å². The number of carbonyl (C=O) groups is 3. The summed E-state index contributed by atoms with van der Waals surface area (Å²) in [4.78, 5) is 39.4. The Morgan fingerprint density at radius 1 is 1.28 bits per heavy atom. The molecule has 1 aliphatic carbocycles. The van der Waals surface area contributed by atoms with Gasteiger partial charge in [0.15, 0.2) is 11.8 Å². The number of furan rings is 1. The van der Waals surface area contributed by atoms with Gasteiger partial charge in [0, 0.05) is 0 Å². The Balaban J connectivity index is 1.57. The zero-order valence-corrected chi connectivity index (χ0v) is 14.8. The van der Waals surface area contributed by atoms with E-state index in [0.29, 0.717) is 6.54 Å². The number of rotatable bonds is 6. The summed E-state index contributed by atoms with van der Waals surface area (Å²) in [7, 11) is 3.97. The molecule has 0 unspecified atom stereocenters. The molecule has 0 bridgehead atoms. The number of imide groups is 1. The SMILES string of the molecule is C[NH+](C)[C@@H](CNC(=O)CN1C(=O)[C@H]2CCCC[C@@H]2C1=O)c1ccco1. The molecule has 0 spiro atoms. The molecule has 2 aliphatic rings. The maximum atomic E-state index is 12.4. The maximum absolute atomic E-state index is 12.4. The van der Waals surface area contributed by atoms with Crippen molar-refractivity contribution in [1.82, 2.24) is 10.2 Å². The molecule has 2 heterocycles. The van der Waals surface area contributed by atoms with Crippen LogP contribution in [0.1, 0.15) is 37.5 Å². The summed E-state index contributed by atoms with van der Waals surface area (Å²) in [6.45, 7) is 0.204. The number of quaternary nitrogens is 1. The first-order chi connectivity index (χ1) is 12.0. The van der Waals surface area contributed by atoms with Gasteiger partial charge < -0.3 is 14.6 Å². The summed E-state index contributed by atoms with van der Waals surface area (Å²) >= 11 is 0. The fraction of sp³-hybridized carbons (Fsp3) is 0.611. The fourth-order valence-corrected chi connectivity index (χ4v) is 3.88. The second-order valence-corrected chi connectivity index (χ2v) is 7.21. The number of amides is 3. The average Bonchev–Trinajstić information content (AvgIpc) is 3.19. The molecule has 1 saturated heterocycles. The molecule has 1 aromatic rings. The van der Waals surface area contributed by atoms with Crippen LogP contribution in [0.4, 0.5) is 0 Å². The van der Waals surface area contributed by atoms with E-state index in [1.807, 2.05) is 26.2 Å². The van der Waals surface area contributed by atoms with E-state index >= 15 is 0 Å². The lowest BCUT2D eigenvalue weighted by Gasteiger charge is -2.20. The van der Waals surface area contributed by atoms with Crippen LogP contribution in [0.15, 0.2) is 22.8 Å². The van der Waals surface area contributed by atoms with Gasteiger partial charge >= 0.3 is 0 Å². The van der Waals surface area contributed by atoms with Crippen LogP contribution in [0.3, 0.4) is 0 Å². The first-order valence-electron chi connectivity index (χ1n) is 8.94. The first-order valence-corrected chi connectivity index (χ1v) is 8.94. The van der Waals surface area contributed by atoms with Crippen LogP contribution in [-0.2, 0) is 14.4 Å². The number of likely N-dealkylation sites (N-methyl/N-ethyl adjacent to an activating group) is 1. The van der Waals surface area contributed by atoms with Crippen molar-refractivity contribution in [2.75, 3.05) is 27.2 Å². The molecule has 0 radical (unpaired) electrons. The molecule has 7 heteroatoms. The van der Waals surface area contributed by atoms with Crippen LogP contribution < -0.4 is 10.2 Å². The third-order valence-electron chi connectivity index (χ3n) is 5.32. The van der Waals surface area contributed by atoms with E-state index in [1.54, 1.807) is 6.26 Å². The zero-order chi connectivity index (χ0) is 18.0. The standard InChI is InChI=1S/C18H25N3O4/c1-20(2)14(15-8-5-9-25-15)10-19-16(22)11-21-17(23)12-6-3-4-7-13(12)18(21)24/h5,8-9,12-14H,3-4,6-7,10-11H2,1-2H3,(H,19,22)/p+1/t12-,13-,14-/m0/s1. The molecule has 1 aliphatic heterocycles.